The standard InChI is InChI=1S/C11H22O3/c1-2-14-11(13)8-10(12)9-6-4-3-5-7-9/h9-13H,2-8H2,1H3. The van der Waals surface area contributed by atoms with E-state index in [1.54, 1.807) is 0 Å². The molecule has 0 heterocycles. The molecule has 0 aromatic heterocycles. The van der Waals surface area contributed by atoms with E-state index in [1.807, 2.05) is 6.92 Å². The topological polar surface area (TPSA) is 49.7 Å². The smallest absolute Gasteiger partial charge is 0.156 e. The molecule has 0 aromatic rings. The van der Waals surface area contributed by atoms with Crippen LogP contribution >= 0.6 is 0 Å². The molecule has 1 fully saturated rings. The van der Waals surface area contributed by atoms with Crippen LogP contribution < -0.4 is 0 Å². The van der Waals surface area contributed by atoms with Crippen LogP contribution in [0.2, 0.25) is 0 Å². The van der Waals surface area contributed by atoms with Crippen LogP contribution in [-0.4, -0.2) is 29.2 Å². The summed E-state index contributed by atoms with van der Waals surface area (Å²) < 4.78 is 5.00. The molecule has 0 aromatic carbocycles. The van der Waals surface area contributed by atoms with Gasteiger partial charge in [0.15, 0.2) is 6.29 Å². The quantitative estimate of drug-likeness (QED) is 0.667. The van der Waals surface area contributed by atoms with Crippen molar-refractivity contribution in [3.63, 3.8) is 0 Å². The first-order valence-electron chi connectivity index (χ1n) is 5.71. The van der Waals surface area contributed by atoms with Crippen LogP contribution in [0.4, 0.5) is 0 Å². The third-order valence-corrected chi connectivity index (χ3v) is 3.00. The minimum Gasteiger partial charge on any atom is -0.393 e. The zero-order valence-electron chi connectivity index (χ0n) is 8.98. The van der Waals surface area contributed by atoms with Crippen molar-refractivity contribution < 1.29 is 14.9 Å². The third-order valence-electron chi connectivity index (χ3n) is 3.00. The summed E-state index contributed by atoms with van der Waals surface area (Å²) in [5.74, 6) is 0.374. The Labute approximate surface area is 86.1 Å². The molecule has 2 unspecified atom stereocenters. The van der Waals surface area contributed by atoms with Crippen molar-refractivity contribution in [1.82, 2.24) is 0 Å². The van der Waals surface area contributed by atoms with Crippen LogP contribution in [0.5, 0.6) is 0 Å². The first-order valence-corrected chi connectivity index (χ1v) is 5.71. The van der Waals surface area contributed by atoms with E-state index < -0.39 is 12.4 Å². The zero-order chi connectivity index (χ0) is 10.4. The van der Waals surface area contributed by atoms with Crippen molar-refractivity contribution in [2.24, 2.45) is 5.92 Å². The molecule has 0 amide bonds. The van der Waals surface area contributed by atoms with Crippen molar-refractivity contribution in [2.75, 3.05) is 6.61 Å². The van der Waals surface area contributed by atoms with Crippen molar-refractivity contribution in [2.45, 2.75) is 57.8 Å². The van der Waals surface area contributed by atoms with Crippen molar-refractivity contribution in [3.05, 3.63) is 0 Å². The van der Waals surface area contributed by atoms with Gasteiger partial charge in [0.25, 0.3) is 0 Å². The molecule has 0 aliphatic heterocycles. The van der Waals surface area contributed by atoms with Crippen LogP contribution in [0.3, 0.4) is 0 Å². The van der Waals surface area contributed by atoms with E-state index in [4.69, 9.17) is 4.74 Å². The van der Waals surface area contributed by atoms with Crippen molar-refractivity contribution in [3.8, 4) is 0 Å². The van der Waals surface area contributed by atoms with Gasteiger partial charge >= 0.3 is 0 Å². The maximum absolute atomic E-state index is 9.83. The van der Waals surface area contributed by atoms with E-state index in [2.05, 4.69) is 0 Å². The maximum atomic E-state index is 9.83. The molecule has 3 heteroatoms. The van der Waals surface area contributed by atoms with Gasteiger partial charge in [0.05, 0.1) is 6.10 Å². The Bertz CT molecular complexity index is 143. The zero-order valence-corrected chi connectivity index (χ0v) is 8.98. The average Bonchev–Trinajstić information content (AvgIpc) is 2.19. The lowest BCUT2D eigenvalue weighted by Gasteiger charge is -2.27. The maximum Gasteiger partial charge on any atom is 0.156 e. The average molecular weight is 202 g/mol. The van der Waals surface area contributed by atoms with Gasteiger partial charge in [-0.25, -0.2) is 0 Å². The van der Waals surface area contributed by atoms with Crippen LogP contribution in [0, 0.1) is 5.92 Å². The summed E-state index contributed by atoms with van der Waals surface area (Å²) in [7, 11) is 0. The highest BCUT2D eigenvalue weighted by Gasteiger charge is 2.23. The first-order chi connectivity index (χ1) is 6.74. The molecule has 1 rings (SSSR count). The molecule has 3 nitrogen and oxygen atoms in total. The van der Waals surface area contributed by atoms with Crippen LogP contribution in [0.1, 0.15) is 45.4 Å². The molecule has 0 bridgehead atoms. The van der Waals surface area contributed by atoms with Crippen molar-refractivity contribution >= 4 is 0 Å². The molecule has 0 saturated heterocycles. The second-order valence-electron chi connectivity index (χ2n) is 4.11. The number of aliphatic hydroxyl groups is 2. The summed E-state index contributed by atoms with van der Waals surface area (Å²) in [6.07, 6.45) is 5.09. The Balaban J connectivity index is 2.21. The van der Waals surface area contributed by atoms with Gasteiger partial charge in [0, 0.05) is 13.0 Å². The molecular weight excluding hydrogens is 180 g/mol. The van der Waals surface area contributed by atoms with E-state index in [0.717, 1.165) is 12.8 Å². The number of aliphatic hydroxyl groups excluding tert-OH is 2. The number of hydrogen-bond acceptors (Lipinski definition) is 3. The summed E-state index contributed by atoms with van der Waals surface area (Å²) in [5.41, 5.74) is 0. The predicted molar refractivity (Wildman–Crippen MR) is 54.8 cm³/mol. The molecule has 1 saturated carbocycles. The highest BCUT2D eigenvalue weighted by atomic mass is 16.6. The fraction of sp³-hybridized carbons (Fsp3) is 1.00. The fourth-order valence-corrected chi connectivity index (χ4v) is 2.18. The second kappa shape index (κ2) is 6.38. The minimum absolute atomic E-state index is 0.360. The van der Waals surface area contributed by atoms with Crippen LogP contribution in [0.15, 0.2) is 0 Å². The van der Waals surface area contributed by atoms with Gasteiger partial charge in [-0.2, -0.15) is 0 Å². The highest BCUT2D eigenvalue weighted by Crippen LogP contribution is 2.28. The lowest BCUT2D eigenvalue weighted by atomic mass is 9.84. The van der Waals surface area contributed by atoms with Crippen LogP contribution in [0.25, 0.3) is 0 Å². The van der Waals surface area contributed by atoms with Crippen LogP contribution in [-0.2, 0) is 4.74 Å². The Morgan fingerprint density at radius 1 is 1.21 bits per heavy atom. The molecule has 1 aliphatic rings. The monoisotopic (exact) mass is 202 g/mol. The number of rotatable bonds is 5. The van der Waals surface area contributed by atoms with Gasteiger partial charge < -0.3 is 14.9 Å². The van der Waals surface area contributed by atoms with E-state index in [0.29, 0.717) is 18.9 Å². The molecular formula is C11H22O3. The summed E-state index contributed by atoms with van der Waals surface area (Å²) in [5, 5.41) is 19.2. The van der Waals surface area contributed by atoms with Gasteiger partial charge in [-0.05, 0) is 25.7 Å². The lowest BCUT2D eigenvalue weighted by molar-refractivity contribution is -0.123. The molecule has 0 spiro atoms. The SMILES string of the molecule is CCOC(O)CC(O)C1CCCCC1. The molecule has 2 N–H and O–H groups in total. The normalized spacial score (nSPS) is 23.4. The second-order valence-corrected chi connectivity index (χ2v) is 4.11. The Morgan fingerprint density at radius 2 is 1.86 bits per heavy atom. The van der Waals surface area contributed by atoms with Gasteiger partial charge in [0.1, 0.15) is 0 Å². The minimum atomic E-state index is -0.795. The summed E-state index contributed by atoms with van der Waals surface area (Å²) >= 11 is 0. The molecule has 2 atom stereocenters. The van der Waals surface area contributed by atoms with Gasteiger partial charge in [-0.15, -0.1) is 0 Å². The van der Waals surface area contributed by atoms with E-state index in [1.165, 1.54) is 19.3 Å². The Kier molecular flexibility index (Phi) is 5.45. The van der Waals surface area contributed by atoms with E-state index in [-0.39, 0.29) is 0 Å². The van der Waals surface area contributed by atoms with E-state index >= 15 is 0 Å². The van der Waals surface area contributed by atoms with E-state index in [9.17, 15) is 10.2 Å². The Hall–Kier alpha value is -0.120. The van der Waals surface area contributed by atoms with Crippen molar-refractivity contribution in [1.29, 1.82) is 0 Å². The Morgan fingerprint density at radius 3 is 2.43 bits per heavy atom. The fourth-order valence-electron chi connectivity index (χ4n) is 2.18. The summed E-state index contributed by atoms with van der Waals surface area (Å²) in [6, 6.07) is 0. The molecule has 14 heavy (non-hydrogen) atoms. The first kappa shape index (κ1) is 12.0. The van der Waals surface area contributed by atoms with Gasteiger partial charge in [-0.3, -0.25) is 0 Å². The number of hydrogen-bond donors (Lipinski definition) is 2. The van der Waals surface area contributed by atoms with Gasteiger partial charge in [0.2, 0.25) is 0 Å². The largest absolute Gasteiger partial charge is 0.393 e. The van der Waals surface area contributed by atoms with Gasteiger partial charge in [-0.1, -0.05) is 19.3 Å². The lowest BCUT2D eigenvalue weighted by Crippen LogP contribution is -2.28. The predicted octanol–water partition coefficient (Wildman–Crippen LogP) is 1.67. The molecule has 0 radical (unpaired) electrons. The molecule has 1 aliphatic carbocycles. The summed E-state index contributed by atoms with van der Waals surface area (Å²) in [4.78, 5) is 0. The highest BCUT2D eigenvalue weighted by molar-refractivity contribution is 4.73. The molecule has 84 valence electrons. The number of ether oxygens (including phenoxy) is 1. The summed E-state index contributed by atoms with van der Waals surface area (Å²) in [6.45, 7) is 2.34. The third kappa shape index (κ3) is 3.95.